The molecule has 0 amide bonds. The molecule has 0 aliphatic rings. The van der Waals surface area contributed by atoms with Gasteiger partial charge in [0.1, 0.15) is 12.4 Å². The van der Waals surface area contributed by atoms with Gasteiger partial charge in [-0.25, -0.2) is 0 Å². The molecule has 0 unspecified atom stereocenters. The summed E-state index contributed by atoms with van der Waals surface area (Å²) in [5, 5.41) is 3.34. The van der Waals surface area contributed by atoms with Crippen LogP contribution in [0.2, 0.25) is 0 Å². The van der Waals surface area contributed by atoms with E-state index in [9.17, 15) is 0 Å². The molecule has 0 aromatic heterocycles. The third-order valence-electron chi connectivity index (χ3n) is 2.54. The number of halogens is 2. The smallest absolute Gasteiger partial charge is 0.120 e. The predicted molar refractivity (Wildman–Crippen MR) is 87.0 cm³/mol. The molecule has 1 N–H and O–H groups in total. The number of hydrogen-bond donors (Lipinski definition) is 1. The van der Waals surface area contributed by atoms with Crippen LogP contribution in [0, 0.1) is 6.92 Å². The molecular formula is C15H15Br2NO. The first-order chi connectivity index (χ1) is 9.13. The van der Waals surface area contributed by atoms with E-state index in [2.05, 4.69) is 62.3 Å². The minimum absolute atomic E-state index is 0.627. The maximum atomic E-state index is 5.66. The lowest BCUT2D eigenvalue weighted by Gasteiger charge is -2.10. The first-order valence-corrected chi connectivity index (χ1v) is 7.61. The molecule has 100 valence electrons. The summed E-state index contributed by atoms with van der Waals surface area (Å²) in [6.07, 6.45) is 0. The number of benzene rings is 2. The van der Waals surface area contributed by atoms with E-state index in [1.807, 2.05) is 24.3 Å². The van der Waals surface area contributed by atoms with Gasteiger partial charge in [-0.3, -0.25) is 0 Å². The van der Waals surface area contributed by atoms with Crippen LogP contribution in [-0.4, -0.2) is 13.2 Å². The van der Waals surface area contributed by atoms with Gasteiger partial charge in [-0.05, 0) is 48.9 Å². The average Bonchev–Trinajstić information content (AvgIpc) is 2.34. The van der Waals surface area contributed by atoms with Crippen molar-refractivity contribution in [2.24, 2.45) is 0 Å². The summed E-state index contributed by atoms with van der Waals surface area (Å²) in [5.74, 6) is 0.876. The molecule has 0 atom stereocenters. The minimum Gasteiger partial charge on any atom is -0.492 e. The highest BCUT2D eigenvalue weighted by molar-refractivity contribution is 9.10. The van der Waals surface area contributed by atoms with E-state index in [1.165, 1.54) is 5.56 Å². The van der Waals surface area contributed by atoms with Gasteiger partial charge in [-0.15, -0.1) is 0 Å². The van der Waals surface area contributed by atoms with E-state index in [1.54, 1.807) is 0 Å². The summed E-state index contributed by atoms with van der Waals surface area (Å²) in [4.78, 5) is 0. The van der Waals surface area contributed by atoms with Gasteiger partial charge in [-0.1, -0.05) is 37.9 Å². The highest BCUT2D eigenvalue weighted by atomic mass is 79.9. The number of aryl methyl sites for hydroxylation is 1. The largest absolute Gasteiger partial charge is 0.492 e. The van der Waals surface area contributed by atoms with Crippen LogP contribution in [0.25, 0.3) is 0 Å². The second kappa shape index (κ2) is 6.96. The lowest BCUT2D eigenvalue weighted by atomic mass is 10.2. The third-order valence-corrected chi connectivity index (χ3v) is 3.49. The van der Waals surface area contributed by atoms with Crippen LogP contribution >= 0.6 is 31.9 Å². The van der Waals surface area contributed by atoms with Crippen molar-refractivity contribution in [2.45, 2.75) is 6.92 Å². The maximum Gasteiger partial charge on any atom is 0.120 e. The first-order valence-electron chi connectivity index (χ1n) is 6.03. The van der Waals surface area contributed by atoms with Crippen LogP contribution in [0.15, 0.2) is 51.4 Å². The molecule has 0 bridgehead atoms. The van der Waals surface area contributed by atoms with E-state index in [0.717, 1.165) is 26.9 Å². The molecule has 2 nitrogen and oxygen atoms in total. The summed E-state index contributed by atoms with van der Waals surface area (Å²) >= 11 is 6.91. The summed E-state index contributed by atoms with van der Waals surface area (Å²) in [6.45, 7) is 3.47. The molecule has 0 radical (unpaired) electrons. The van der Waals surface area contributed by atoms with Crippen LogP contribution in [0.5, 0.6) is 5.75 Å². The Morgan fingerprint density at radius 1 is 1.05 bits per heavy atom. The van der Waals surface area contributed by atoms with Gasteiger partial charge in [0.15, 0.2) is 0 Å². The Morgan fingerprint density at radius 2 is 1.89 bits per heavy atom. The molecular weight excluding hydrogens is 370 g/mol. The van der Waals surface area contributed by atoms with Crippen LogP contribution < -0.4 is 10.1 Å². The third kappa shape index (κ3) is 4.88. The average molecular weight is 385 g/mol. The van der Waals surface area contributed by atoms with Crippen LogP contribution in [0.1, 0.15) is 5.56 Å². The van der Waals surface area contributed by atoms with E-state index in [0.29, 0.717) is 6.61 Å². The molecule has 0 saturated heterocycles. The zero-order valence-electron chi connectivity index (χ0n) is 10.6. The highest BCUT2D eigenvalue weighted by Crippen LogP contribution is 2.19. The van der Waals surface area contributed by atoms with Crippen molar-refractivity contribution in [1.82, 2.24) is 0 Å². The molecule has 4 heteroatoms. The Kier molecular flexibility index (Phi) is 5.28. The Morgan fingerprint density at radius 3 is 2.63 bits per heavy atom. The highest BCUT2D eigenvalue weighted by Gasteiger charge is 1.97. The first kappa shape index (κ1) is 14.4. The second-order valence-electron chi connectivity index (χ2n) is 4.25. The van der Waals surface area contributed by atoms with E-state index in [4.69, 9.17) is 4.74 Å². The lowest BCUT2D eigenvalue weighted by Crippen LogP contribution is -2.11. The van der Waals surface area contributed by atoms with Gasteiger partial charge >= 0.3 is 0 Å². The number of ether oxygens (including phenoxy) is 1. The van der Waals surface area contributed by atoms with Crippen LogP contribution in [0.3, 0.4) is 0 Å². The normalized spacial score (nSPS) is 10.3. The van der Waals surface area contributed by atoms with Crippen LogP contribution in [0.4, 0.5) is 5.69 Å². The van der Waals surface area contributed by atoms with Gasteiger partial charge in [0.2, 0.25) is 0 Å². The summed E-state index contributed by atoms with van der Waals surface area (Å²) in [7, 11) is 0. The van der Waals surface area contributed by atoms with Gasteiger partial charge in [0.25, 0.3) is 0 Å². The quantitative estimate of drug-likeness (QED) is 0.731. The van der Waals surface area contributed by atoms with Crippen molar-refractivity contribution in [3.05, 3.63) is 57.0 Å². The fourth-order valence-electron chi connectivity index (χ4n) is 1.76. The Balaban J connectivity index is 1.80. The molecule has 0 saturated carbocycles. The van der Waals surface area contributed by atoms with Gasteiger partial charge in [0.05, 0.1) is 0 Å². The molecule has 2 rings (SSSR count). The molecule has 2 aromatic carbocycles. The van der Waals surface area contributed by atoms with E-state index in [-0.39, 0.29) is 0 Å². The van der Waals surface area contributed by atoms with Crippen LogP contribution in [-0.2, 0) is 0 Å². The standard InChI is InChI=1S/C15H15Br2NO/c1-11-7-13(17)9-14(8-11)18-5-6-19-15-4-2-3-12(16)10-15/h2-4,7-10,18H,5-6H2,1H3. The van der Waals surface area contributed by atoms with Crippen molar-refractivity contribution in [2.75, 3.05) is 18.5 Å². The number of nitrogens with one attached hydrogen (secondary N) is 1. The summed E-state index contributed by atoms with van der Waals surface area (Å²) in [5.41, 5.74) is 2.33. The SMILES string of the molecule is Cc1cc(Br)cc(NCCOc2cccc(Br)c2)c1. The van der Waals surface area contributed by atoms with Gasteiger partial charge in [0, 0.05) is 21.2 Å². The molecule has 0 fully saturated rings. The molecule has 19 heavy (non-hydrogen) atoms. The summed E-state index contributed by atoms with van der Waals surface area (Å²) < 4.78 is 7.78. The second-order valence-corrected chi connectivity index (χ2v) is 6.08. The van der Waals surface area contributed by atoms with E-state index >= 15 is 0 Å². The van der Waals surface area contributed by atoms with E-state index < -0.39 is 0 Å². The number of rotatable bonds is 5. The lowest BCUT2D eigenvalue weighted by molar-refractivity contribution is 0.332. The summed E-state index contributed by atoms with van der Waals surface area (Å²) in [6, 6.07) is 14.1. The monoisotopic (exact) mass is 383 g/mol. The zero-order chi connectivity index (χ0) is 13.7. The van der Waals surface area contributed by atoms with Gasteiger partial charge in [-0.2, -0.15) is 0 Å². The Labute approximate surface area is 130 Å². The topological polar surface area (TPSA) is 21.3 Å². The fourth-order valence-corrected chi connectivity index (χ4v) is 2.75. The number of hydrogen-bond acceptors (Lipinski definition) is 2. The molecule has 0 spiro atoms. The van der Waals surface area contributed by atoms with Crippen molar-refractivity contribution in [3.8, 4) is 5.75 Å². The molecule has 0 aliphatic heterocycles. The van der Waals surface area contributed by atoms with Crippen molar-refractivity contribution >= 4 is 37.5 Å². The molecule has 2 aromatic rings. The number of anilines is 1. The van der Waals surface area contributed by atoms with Gasteiger partial charge < -0.3 is 10.1 Å². The Hall–Kier alpha value is -1.00. The Bertz CT molecular complexity index is 537. The minimum atomic E-state index is 0.627. The predicted octanol–water partition coefficient (Wildman–Crippen LogP) is 5.01. The van der Waals surface area contributed by atoms with Crippen molar-refractivity contribution < 1.29 is 4.74 Å². The zero-order valence-corrected chi connectivity index (χ0v) is 13.8. The molecule has 0 heterocycles. The maximum absolute atomic E-state index is 5.66. The van der Waals surface area contributed by atoms with Crippen molar-refractivity contribution in [1.29, 1.82) is 0 Å². The van der Waals surface area contributed by atoms with Crippen molar-refractivity contribution in [3.63, 3.8) is 0 Å². The fraction of sp³-hybridized carbons (Fsp3) is 0.200. The molecule has 0 aliphatic carbocycles.